The first kappa shape index (κ1) is 22.2. The zero-order valence-electron chi connectivity index (χ0n) is 18.1. The molecular formula is C24H25FN2O4S. The Morgan fingerprint density at radius 1 is 1.03 bits per heavy atom. The van der Waals surface area contributed by atoms with E-state index in [2.05, 4.69) is 0 Å². The maximum atomic E-state index is 14.4. The van der Waals surface area contributed by atoms with Crippen molar-refractivity contribution in [3.63, 3.8) is 0 Å². The van der Waals surface area contributed by atoms with Crippen LogP contribution in [0.4, 0.5) is 4.39 Å². The van der Waals surface area contributed by atoms with Gasteiger partial charge in [0.05, 0.1) is 25.0 Å². The number of carbonyl (C=O) groups excluding carboxylic acids is 2. The maximum absolute atomic E-state index is 14.4. The number of rotatable bonds is 6. The smallest absolute Gasteiger partial charge is 0.264 e. The Kier molecular flexibility index (Phi) is 6.72. The van der Waals surface area contributed by atoms with Crippen molar-refractivity contribution >= 4 is 33.2 Å². The van der Waals surface area contributed by atoms with E-state index >= 15 is 0 Å². The van der Waals surface area contributed by atoms with Gasteiger partial charge in [0.25, 0.3) is 5.91 Å². The second-order valence-electron chi connectivity index (χ2n) is 7.66. The van der Waals surface area contributed by atoms with E-state index in [1.165, 1.54) is 24.5 Å². The molecule has 0 N–H and O–H groups in total. The molecule has 0 aliphatic carbocycles. The SMILES string of the molecule is COCc1c(C(=O)N2CCN(C(=O)Cc3cccc(OC)c3)CC2)sc2cccc(F)c12. The van der Waals surface area contributed by atoms with Crippen molar-refractivity contribution in [1.82, 2.24) is 9.80 Å². The number of hydrogen-bond donors (Lipinski definition) is 0. The van der Waals surface area contributed by atoms with Crippen LogP contribution in [0.25, 0.3) is 10.1 Å². The number of benzene rings is 2. The summed E-state index contributed by atoms with van der Waals surface area (Å²) in [7, 11) is 3.13. The molecule has 0 radical (unpaired) electrons. The molecule has 1 saturated heterocycles. The highest BCUT2D eigenvalue weighted by Crippen LogP contribution is 2.34. The third-order valence-corrected chi connectivity index (χ3v) is 6.84. The molecule has 0 unspecified atom stereocenters. The molecule has 168 valence electrons. The number of hydrogen-bond acceptors (Lipinski definition) is 5. The number of methoxy groups -OCH3 is 2. The predicted molar refractivity (Wildman–Crippen MR) is 122 cm³/mol. The molecule has 32 heavy (non-hydrogen) atoms. The second-order valence-corrected chi connectivity index (χ2v) is 8.71. The standard InChI is InChI=1S/C24H25FN2O4S/c1-30-15-18-22-19(25)7-4-8-20(22)32-23(18)24(29)27-11-9-26(10-12-27)21(28)14-16-5-3-6-17(13-16)31-2/h3-8,13H,9-12,14-15H2,1-2H3. The lowest BCUT2D eigenvalue weighted by molar-refractivity contribution is -0.131. The molecule has 3 aromatic rings. The van der Waals surface area contributed by atoms with E-state index in [1.54, 1.807) is 23.0 Å². The van der Waals surface area contributed by atoms with Crippen LogP contribution in [-0.2, 0) is 22.6 Å². The van der Waals surface area contributed by atoms with Gasteiger partial charge in [0.1, 0.15) is 11.6 Å². The molecule has 6 nitrogen and oxygen atoms in total. The van der Waals surface area contributed by atoms with Crippen LogP contribution in [-0.4, -0.2) is 62.0 Å². The molecule has 1 aromatic heterocycles. The van der Waals surface area contributed by atoms with Crippen molar-refractivity contribution in [3.05, 3.63) is 64.3 Å². The number of piperazine rings is 1. The number of amides is 2. The molecule has 2 aromatic carbocycles. The van der Waals surface area contributed by atoms with Gasteiger partial charge in [-0.3, -0.25) is 9.59 Å². The van der Waals surface area contributed by atoms with Crippen LogP contribution in [0.5, 0.6) is 5.75 Å². The summed E-state index contributed by atoms with van der Waals surface area (Å²) in [6, 6.07) is 12.3. The molecule has 4 rings (SSSR count). The number of nitrogens with zero attached hydrogens (tertiary/aromatic N) is 2. The Labute approximate surface area is 190 Å². The quantitative estimate of drug-likeness (QED) is 0.567. The van der Waals surface area contributed by atoms with E-state index in [1.807, 2.05) is 30.3 Å². The second kappa shape index (κ2) is 9.67. The average Bonchev–Trinajstić information content (AvgIpc) is 3.18. The first-order valence-electron chi connectivity index (χ1n) is 10.4. The van der Waals surface area contributed by atoms with Crippen molar-refractivity contribution in [2.75, 3.05) is 40.4 Å². The summed E-state index contributed by atoms with van der Waals surface area (Å²) in [5.41, 5.74) is 1.48. The zero-order chi connectivity index (χ0) is 22.7. The third kappa shape index (κ3) is 4.47. The van der Waals surface area contributed by atoms with E-state index in [-0.39, 0.29) is 24.2 Å². The molecule has 0 bridgehead atoms. The van der Waals surface area contributed by atoms with Crippen molar-refractivity contribution in [3.8, 4) is 5.75 Å². The Bertz CT molecular complexity index is 1140. The van der Waals surface area contributed by atoms with Gasteiger partial charge in [-0.15, -0.1) is 11.3 Å². The van der Waals surface area contributed by atoms with Crippen LogP contribution >= 0.6 is 11.3 Å². The van der Waals surface area contributed by atoms with Crippen LogP contribution in [0, 0.1) is 5.82 Å². The van der Waals surface area contributed by atoms with Crippen LogP contribution in [0.15, 0.2) is 42.5 Å². The summed E-state index contributed by atoms with van der Waals surface area (Å²) in [5.74, 6) is 0.252. The highest BCUT2D eigenvalue weighted by Gasteiger charge is 2.28. The van der Waals surface area contributed by atoms with Crippen molar-refractivity contribution in [2.45, 2.75) is 13.0 Å². The summed E-state index contributed by atoms with van der Waals surface area (Å²) in [5, 5.41) is 0.454. The minimum atomic E-state index is -0.349. The van der Waals surface area contributed by atoms with Gasteiger partial charge in [0.15, 0.2) is 0 Å². The minimum absolute atomic E-state index is 0.0226. The van der Waals surface area contributed by atoms with Crippen molar-refractivity contribution in [2.24, 2.45) is 0 Å². The normalized spacial score (nSPS) is 14.1. The summed E-state index contributed by atoms with van der Waals surface area (Å²) < 4.78 is 25.6. The van der Waals surface area contributed by atoms with Gasteiger partial charge in [0.2, 0.25) is 5.91 Å². The molecule has 0 saturated carbocycles. The molecule has 1 aliphatic rings. The summed E-state index contributed by atoms with van der Waals surface area (Å²) in [4.78, 5) is 30.0. The van der Waals surface area contributed by atoms with Gasteiger partial charge >= 0.3 is 0 Å². The van der Waals surface area contributed by atoms with E-state index in [9.17, 15) is 14.0 Å². The van der Waals surface area contributed by atoms with Crippen LogP contribution in [0.1, 0.15) is 20.8 Å². The Balaban J connectivity index is 1.44. The van der Waals surface area contributed by atoms with Gasteiger partial charge in [0, 0.05) is 48.9 Å². The molecular weight excluding hydrogens is 431 g/mol. The molecule has 2 amide bonds. The molecule has 1 aliphatic heterocycles. The van der Waals surface area contributed by atoms with Gasteiger partial charge in [-0.2, -0.15) is 0 Å². The number of thiophene rings is 1. The molecule has 0 atom stereocenters. The lowest BCUT2D eigenvalue weighted by Gasteiger charge is -2.34. The third-order valence-electron chi connectivity index (χ3n) is 5.66. The number of halogens is 1. The van der Waals surface area contributed by atoms with Gasteiger partial charge < -0.3 is 19.3 Å². The lowest BCUT2D eigenvalue weighted by atomic mass is 10.1. The maximum Gasteiger partial charge on any atom is 0.264 e. The molecule has 0 spiro atoms. The first-order chi connectivity index (χ1) is 15.5. The van der Waals surface area contributed by atoms with Gasteiger partial charge in [-0.1, -0.05) is 18.2 Å². The fourth-order valence-corrected chi connectivity index (χ4v) is 5.18. The number of ether oxygens (including phenoxy) is 2. The summed E-state index contributed by atoms with van der Waals surface area (Å²) in [6.07, 6.45) is 0.290. The molecule has 8 heteroatoms. The van der Waals surface area contributed by atoms with E-state index < -0.39 is 0 Å². The fourth-order valence-electron chi connectivity index (χ4n) is 3.99. The van der Waals surface area contributed by atoms with Gasteiger partial charge in [-0.05, 0) is 29.8 Å². The van der Waals surface area contributed by atoms with Crippen LogP contribution in [0.2, 0.25) is 0 Å². The van der Waals surface area contributed by atoms with Gasteiger partial charge in [-0.25, -0.2) is 4.39 Å². The Morgan fingerprint density at radius 2 is 1.75 bits per heavy atom. The molecule has 1 fully saturated rings. The predicted octanol–water partition coefficient (Wildman–Crippen LogP) is 3.72. The molecule has 2 heterocycles. The summed E-state index contributed by atoms with van der Waals surface area (Å²) in [6.45, 7) is 1.97. The monoisotopic (exact) mass is 456 g/mol. The van der Waals surface area contributed by atoms with E-state index in [4.69, 9.17) is 9.47 Å². The largest absolute Gasteiger partial charge is 0.497 e. The van der Waals surface area contributed by atoms with E-state index in [0.717, 1.165) is 16.0 Å². The topological polar surface area (TPSA) is 59.1 Å². The Morgan fingerprint density at radius 3 is 2.47 bits per heavy atom. The first-order valence-corrected chi connectivity index (χ1v) is 11.2. The Hall–Kier alpha value is -2.97. The lowest BCUT2D eigenvalue weighted by Crippen LogP contribution is -2.51. The zero-order valence-corrected chi connectivity index (χ0v) is 18.9. The highest BCUT2D eigenvalue weighted by molar-refractivity contribution is 7.21. The average molecular weight is 457 g/mol. The number of carbonyl (C=O) groups is 2. The van der Waals surface area contributed by atoms with Crippen molar-refractivity contribution < 1.29 is 23.5 Å². The van der Waals surface area contributed by atoms with E-state index in [0.29, 0.717) is 48.4 Å². The van der Waals surface area contributed by atoms with Crippen LogP contribution < -0.4 is 4.74 Å². The summed E-state index contributed by atoms with van der Waals surface area (Å²) >= 11 is 1.29. The van der Waals surface area contributed by atoms with Crippen LogP contribution in [0.3, 0.4) is 0 Å². The highest BCUT2D eigenvalue weighted by atomic mass is 32.1. The van der Waals surface area contributed by atoms with Crippen molar-refractivity contribution in [1.29, 1.82) is 0 Å². The fraction of sp³-hybridized carbons (Fsp3) is 0.333. The minimum Gasteiger partial charge on any atom is -0.497 e. The number of fused-ring (bicyclic) bond motifs is 1.